The molecule has 12 heteroatoms. The van der Waals surface area contributed by atoms with E-state index in [4.69, 9.17) is 0 Å². The number of amides is 1. The van der Waals surface area contributed by atoms with Gasteiger partial charge < -0.3 is 15.4 Å². The summed E-state index contributed by atoms with van der Waals surface area (Å²) in [6.45, 7) is 0.648. The molecule has 1 amide bonds. The van der Waals surface area contributed by atoms with Gasteiger partial charge in [-0.25, -0.2) is 8.42 Å². The summed E-state index contributed by atoms with van der Waals surface area (Å²) < 4.78 is 64.9. The van der Waals surface area contributed by atoms with Crippen LogP contribution in [0.1, 0.15) is 28.8 Å². The molecule has 2 aromatic rings. The van der Waals surface area contributed by atoms with Crippen molar-refractivity contribution in [3.05, 3.63) is 51.9 Å². The van der Waals surface area contributed by atoms with Crippen molar-refractivity contribution in [1.29, 1.82) is 0 Å². The molecule has 1 aliphatic rings. The number of aromatic amines is 1. The van der Waals surface area contributed by atoms with Gasteiger partial charge >= 0.3 is 6.18 Å². The Hall–Kier alpha value is -2.86. The molecule has 0 radical (unpaired) electrons. The van der Waals surface area contributed by atoms with E-state index in [9.17, 15) is 36.3 Å². The lowest BCUT2D eigenvalue weighted by atomic mass is 10.2. The van der Waals surface area contributed by atoms with Crippen molar-refractivity contribution in [2.75, 3.05) is 18.4 Å². The van der Waals surface area contributed by atoms with Crippen LogP contribution < -0.4 is 10.9 Å². The molecule has 1 fully saturated rings. The Morgan fingerprint density at radius 2 is 1.83 bits per heavy atom. The predicted octanol–water partition coefficient (Wildman–Crippen LogP) is 2.14. The molecular weight excluding hydrogens is 415 g/mol. The molecule has 29 heavy (non-hydrogen) atoms. The van der Waals surface area contributed by atoms with Gasteiger partial charge in [-0.05, 0) is 37.1 Å². The Bertz CT molecular complexity index is 1110. The number of hydrogen-bond donors (Lipinski definition) is 3. The van der Waals surface area contributed by atoms with Crippen LogP contribution in [-0.2, 0) is 16.2 Å². The third-order valence-corrected chi connectivity index (χ3v) is 6.29. The summed E-state index contributed by atoms with van der Waals surface area (Å²) in [6.07, 6.45) is -2.90. The number of anilines is 1. The first-order chi connectivity index (χ1) is 13.5. The van der Waals surface area contributed by atoms with Crippen molar-refractivity contribution in [3.8, 4) is 5.75 Å². The third kappa shape index (κ3) is 4.27. The van der Waals surface area contributed by atoms with E-state index >= 15 is 0 Å². The number of sulfonamides is 1. The first-order valence-electron chi connectivity index (χ1n) is 8.44. The average Bonchev–Trinajstić information content (AvgIpc) is 3.18. The van der Waals surface area contributed by atoms with Gasteiger partial charge in [0.25, 0.3) is 11.5 Å². The summed E-state index contributed by atoms with van der Waals surface area (Å²) >= 11 is 0. The van der Waals surface area contributed by atoms with Crippen LogP contribution in [0.2, 0.25) is 0 Å². The molecule has 156 valence electrons. The molecule has 0 bridgehead atoms. The van der Waals surface area contributed by atoms with Crippen LogP contribution in [0, 0.1) is 0 Å². The monoisotopic (exact) mass is 431 g/mol. The number of pyridine rings is 1. The molecule has 3 N–H and O–H groups in total. The number of nitrogens with zero attached hydrogens (tertiary/aromatic N) is 1. The van der Waals surface area contributed by atoms with E-state index in [2.05, 4.69) is 0 Å². The van der Waals surface area contributed by atoms with Gasteiger partial charge in [0.1, 0.15) is 11.4 Å². The van der Waals surface area contributed by atoms with Crippen LogP contribution >= 0.6 is 0 Å². The Morgan fingerprint density at radius 3 is 2.45 bits per heavy atom. The average molecular weight is 431 g/mol. The van der Waals surface area contributed by atoms with Gasteiger partial charge in [0.05, 0.1) is 16.0 Å². The Morgan fingerprint density at radius 1 is 1.17 bits per heavy atom. The fourth-order valence-corrected chi connectivity index (χ4v) is 4.41. The summed E-state index contributed by atoms with van der Waals surface area (Å²) in [6, 6.07) is 3.48. The molecule has 0 spiro atoms. The lowest BCUT2D eigenvalue weighted by Crippen LogP contribution is -2.28. The minimum atomic E-state index is -4.75. The number of phenols is 1. The fourth-order valence-electron chi connectivity index (χ4n) is 2.86. The molecule has 3 rings (SSSR count). The van der Waals surface area contributed by atoms with Crippen LogP contribution in [-0.4, -0.2) is 41.8 Å². The summed E-state index contributed by atoms with van der Waals surface area (Å²) in [7, 11) is -3.89. The molecule has 0 aliphatic carbocycles. The lowest BCUT2D eigenvalue weighted by Gasteiger charge is -2.16. The molecule has 1 aliphatic heterocycles. The largest absolute Gasteiger partial charge is 0.507 e. The molecule has 0 unspecified atom stereocenters. The van der Waals surface area contributed by atoms with Crippen molar-refractivity contribution in [2.45, 2.75) is 23.9 Å². The first kappa shape index (κ1) is 20.9. The summed E-state index contributed by atoms with van der Waals surface area (Å²) in [5.41, 5.74) is -3.38. The number of H-pyrrole nitrogens is 1. The van der Waals surface area contributed by atoms with Crippen LogP contribution in [0.3, 0.4) is 0 Å². The summed E-state index contributed by atoms with van der Waals surface area (Å²) in [5, 5.41) is 11.9. The topological polar surface area (TPSA) is 120 Å². The zero-order valence-electron chi connectivity index (χ0n) is 14.8. The highest BCUT2D eigenvalue weighted by Gasteiger charge is 2.32. The predicted molar refractivity (Wildman–Crippen MR) is 96.1 cm³/mol. The second-order valence-corrected chi connectivity index (χ2v) is 8.31. The number of nitrogens with one attached hydrogen (secondary N) is 2. The number of halogens is 3. The number of aromatic nitrogens is 1. The maximum atomic E-state index is 12.8. The molecule has 0 atom stereocenters. The number of carbonyl (C=O) groups is 1. The van der Waals surface area contributed by atoms with Crippen LogP contribution in [0.15, 0.2) is 40.2 Å². The second-order valence-electron chi connectivity index (χ2n) is 6.37. The molecule has 0 saturated carbocycles. The van der Waals surface area contributed by atoms with Gasteiger partial charge in [-0.2, -0.15) is 17.5 Å². The van der Waals surface area contributed by atoms with Crippen LogP contribution in [0.4, 0.5) is 18.9 Å². The summed E-state index contributed by atoms with van der Waals surface area (Å²) in [4.78, 5) is 25.8. The number of carbonyl (C=O) groups excluding carboxylic acids is 1. The Balaban J connectivity index is 1.93. The lowest BCUT2D eigenvalue weighted by molar-refractivity contribution is -0.137. The van der Waals surface area contributed by atoms with E-state index in [1.807, 2.05) is 10.3 Å². The molecule has 1 aromatic carbocycles. The molecule has 1 saturated heterocycles. The number of benzene rings is 1. The molecular formula is C17H16F3N3O5S. The van der Waals surface area contributed by atoms with Gasteiger partial charge in [0, 0.05) is 19.3 Å². The number of alkyl halides is 3. The van der Waals surface area contributed by atoms with Crippen molar-refractivity contribution in [1.82, 2.24) is 9.29 Å². The van der Waals surface area contributed by atoms with E-state index in [-0.39, 0.29) is 4.90 Å². The number of phenolic OH excluding ortho intramolecular Hbond substituents is 1. The Kier molecular flexibility index (Phi) is 5.41. The molecule has 8 nitrogen and oxygen atoms in total. The van der Waals surface area contributed by atoms with E-state index < -0.39 is 50.2 Å². The van der Waals surface area contributed by atoms with Gasteiger partial charge in [0.15, 0.2) is 0 Å². The van der Waals surface area contributed by atoms with Gasteiger partial charge in [-0.1, -0.05) is 0 Å². The van der Waals surface area contributed by atoms with E-state index in [1.54, 1.807) is 0 Å². The zero-order chi connectivity index (χ0) is 21.4. The molecule has 2 heterocycles. The van der Waals surface area contributed by atoms with E-state index in [1.165, 1.54) is 4.31 Å². The smallest absolute Gasteiger partial charge is 0.417 e. The van der Waals surface area contributed by atoms with Crippen molar-refractivity contribution in [2.24, 2.45) is 0 Å². The zero-order valence-corrected chi connectivity index (χ0v) is 15.6. The quantitative estimate of drug-likeness (QED) is 0.685. The summed E-state index contributed by atoms with van der Waals surface area (Å²) in [5.74, 6) is -1.72. The van der Waals surface area contributed by atoms with Crippen molar-refractivity contribution < 1.29 is 31.5 Å². The maximum absolute atomic E-state index is 12.8. The van der Waals surface area contributed by atoms with Crippen molar-refractivity contribution >= 4 is 21.6 Å². The molecule has 1 aromatic heterocycles. The van der Waals surface area contributed by atoms with E-state index in [0.29, 0.717) is 38.2 Å². The highest BCUT2D eigenvalue weighted by atomic mass is 32.2. The normalized spacial score (nSPS) is 15.4. The first-order valence-corrected chi connectivity index (χ1v) is 9.88. The minimum Gasteiger partial charge on any atom is -0.507 e. The number of rotatable bonds is 4. The van der Waals surface area contributed by atoms with Crippen molar-refractivity contribution in [3.63, 3.8) is 0 Å². The maximum Gasteiger partial charge on any atom is 0.417 e. The number of aromatic hydroxyl groups is 1. The van der Waals surface area contributed by atoms with Crippen LogP contribution in [0.5, 0.6) is 5.75 Å². The highest BCUT2D eigenvalue weighted by molar-refractivity contribution is 7.89. The van der Waals surface area contributed by atoms with Gasteiger partial charge in [0.2, 0.25) is 10.0 Å². The van der Waals surface area contributed by atoms with Gasteiger partial charge in [-0.3, -0.25) is 9.59 Å². The van der Waals surface area contributed by atoms with Crippen LogP contribution in [0.25, 0.3) is 0 Å². The number of hydrogen-bond acceptors (Lipinski definition) is 5. The third-order valence-electron chi connectivity index (χ3n) is 4.39. The highest BCUT2D eigenvalue weighted by Crippen LogP contribution is 2.30. The standard InChI is InChI=1S/C17H16F3N3O5S/c18-17(19,20)10-7-13(16(26)21-9-10)22-15(25)12-8-11(3-4-14(12)24)29(27,28)23-5-1-2-6-23/h3-4,7-9,24H,1-2,5-6H2,(H,21,26)(H,22,25). The fraction of sp³-hybridized carbons (Fsp3) is 0.294. The Labute approximate surface area is 163 Å². The minimum absolute atomic E-state index is 0.250. The second kappa shape index (κ2) is 7.52. The van der Waals surface area contributed by atoms with Gasteiger partial charge in [-0.15, -0.1) is 0 Å². The SMILES string of the molecule is O=C(Nc1cc(C(F)(F)F)c[nH]c1=O)c1cc(S(=O)(=O)N2CCCC2)ccc1O. The van der Waals surface area contributed by atoms with E-state index in [0.717, 1.165) is 18.2 Å².